The molecule has 0 aliphatic carbocycles. The molecule has 0 saturated heterocycles. The van der Waals surface area contributed by atoms with Crippen LogP contribution in [0, 0.1) is 19.7 Å². The Labute approximate surface area is 178 Å². The van der Waals surface area contributed by atoms with Crippen molar-refractivity contribution in [3.63, 3.8) is 0 Å². The Kier molecular flexibility index (Phi) is 5.70. The quantitative estimate of drug-likeness (QED) is 0.503. The lowest BCUT2D eigenvalue weighted by atomic mass is 10.1. The fourth-order valence-electron chi connectivity index (χ4n) is 3.11. The molecule has 4 rings (SSSR count). The minimum atomic E-state index is -0.397. The number of aromatic nitrogens is 4. The van der Waals surface area contributed by atoms with Crippen LogP contribution in [0.3, 0.4) is 0 Å². The van der Waals surface area contributed by atoms with Gasteiger partial charge in [0.25, 0.3) is 0 Å². The molecule has 0 fully saturated rings. The van der Waals surface area contributed by atoms with Gasteiger partial charge in [0.05, 0.1) is 12.1 Å². The molecular weight excluding hydrogens is 397 g/mol. The van der Waals surface area contributed by atoms with Crippen LogP contribution in [0.15, 0.2) is 67.0 Å². The highest BCUT2D eigenvalue weighted by atomic mass is 19.1. The molecule has 4 aromatic rings. The summed E-state index contributed by atoms with van der Waals surface area (Å²) in [5, 5.41) is 7.16. The number of halogens is 1. The second-order valence-electron chi connectivity index (χ2n) is 7.00. The smallest absolute Gasteiger partial charge is 0.228 e. The van der Waals surface area contributed by atoms with Crippen LogP contribution in [0.4, 0.5) is 10.1 Å². The van der Waals surface area contributed by atoms with Crippen LogP contribution < -0.4 is 10.1 Å². The zero-order valence-corrected chi connectivity index (χ0v) is 17.0. The van der Waals surface area contributed by atoms with Gasteiger partial charge >= 0.3 is 0 Å². The highest BCUT2D eigenvalue weighted by Gasteiger charge is 2.10. The van der Waals surface area contributed by atoms with Gasteiger partial charge in [0, 0.05) is 17.4 Å². The van der Waals surface area contributed by atoms with Crippen molar-refractivity contribution in [2.24, 2.45) is 0 Å². The SMILES string of the molecule is Cc1cc(C)n(-c2cc(Oc3ccc(NC(=O)Cc4ccccc4F)cc3)ncn2)n1. The molecule has 0 bridgehead atoms. The number of carbonyl (C=O) groups is 1. The number of nitrogens with one attached hydrogen (secondary N) is 1. The monoisotopic (exact) mass is 417 g/mol. The second kappa shape index (κ2) is 8.74. The van der Waals surface area contributed by atoms with Crippen molar-refractivity contribution in [3.05, 3.63) is 89.8 Å². The number of hydrogen-bond acceptors (Lipinski definition) is 5. The lowest BCUT2D eigenvalue weighted by molar-refractivity contribution is -0.115. The van der Waals surface area contributed by atoms with Gasteiger partial charge in [-0.3, -0.25) is 4.79 Å². The number of nitrogens with zero attached hydrogens (tertiary/aromatic N) is 4. The first-order valence-corrected chi connectivity index (χ1v) is 9.65. The molecule has 0 aliphatic heterocycles. The normalized spacial score (nSPS) is 10.7. The number of aryl methyl sites for hydroxylation is 2. The van der Waals surface area contributed by atoms with E-state index < -0.39 is 5.82 Å². The maximum atomic E-state index is 13.7. The zero-order chi connectivity index (χ0) is 21.8. The Balaban J connectivity index is 1.41. The van der Waals surface area contributed by atoms with E-state index in [4.69, 9.17) is 4.74 Å². The van der Waals surface area contributed by atoms with E-state index in [1.807, 2.05) is 19.9 Å². The molecule has 0 aliphatic rings. The van der Waals surface area contributed by atoms with E-state index >= 15 is 0 Å². The molecule has 2 aromatic heterocycles. The minimum absolute atomic E-state index is 0.0407. The summed E-state index contributed by atoms with van der Waals surface area (Å²) in [6, 6.07) is 16.7. The van der Waals surface area contributed by atoms with Crippen molar-refractivity contribution in [2.45, 2.75) is 20.3 Å². The summed E-state index contributed by atoms with van der Waals surface area (Å²) in [7, 11) is 0. The number of carbonyl (C=O) groups excluding carboxylic acids is 1. The van der Waals surface area contributed by atoms with Gasteiger partial charge in [-0.2, -0.15) is 5.10 Å². The summed E-state index contributed by atoms with van der Waals surface area (Å²) in [5.41, 5.74) is 2.78. The Hall–Kier alpha value is -4.07. The van der Waals surface area contributed by atoms with Gasteiger partial charge in [0.15, 0.2) is 5.82 Å². The molecule has 0 unspecified atom stereocenters. The van der Waals surface area contributed by atoms with E-state index in [1.165, 1.54) is 12.4 Å². The van der Waals surface area contributed by atoms with Gasteiger partial charge < -0.3 is 10.1 Å². The van der Waals surface area contributed by atoms with Crippen LogP contribution in [-0.2, 0) is 11.2 Å². The first-order valence-electron chi connectivity index (χ1n) is 9.65. The molecule has 0 atom stereocenters. The molecule has 8 heteroatoms. The maximum absolute atomic E-state index is 13.7. The molecule has 2 heterocycles. The lowest BCUT2D eigenvalue weighted by Crippen LogP contribution is -2.15. The minimum Gasteiger partial charge on any atom is -0.439 e. The molecule has 2 aromatic carbocycles. The lowest BCUT2D eigenvalue weighted by Gasteiger charge is -2.09. The van der Waals surface area contributed by atoms with Gasteiger partial charge in [0.1, 0.15) is 17.9 Å². The molecule has 0 saturated carbocycles. The number of anilines is 1. The van der Waals surface area contributed by atoms with Gasteiger partial charge in [-0.15, -0.1) is 0 Å². The summed E-state index contributed by atoms with van der Waals surface area (Å²) in [4.78, 5) is 20.6. The summed E-state index contributed by atoms with van der Waals surface area (Å²) < 4.78 is 21.2. The summed E-state index contributed by atoms with van der Waals surface area (Å²) in [6.07, 6.45) is 1.37. The molecular formula is C23H20FN5O2. The molecule has 7 nitrogen and oxygen atoms in total. The fraction of sp³-hybridized carbons (Fsp3) is 0.130. The van der Waals surface area contributed by atoms with E-state index in [9.17, 15) is 9.18 Å². The second-order valence-corrected chi connectivity index (χ2v) is 7.00. The summed E-state index contributed by atoms with van der Waals surface area (Å²) in [6.45, 7) is 3.86. The Morgan fingerprint density at radius 2 is 1.84 bits per heavy atom. The molecule has 0 spiro atoms. The number of ether oxygens (including phenoxy) is 1. The van der Waals surface area contributed by atoms with Crippen LogP contribution in [0.2, 0.25) is 0 Å². The van der Waals surface area contributed by atoms with Gasteiger partial charge in [0.2, 0.25) is 11.8 Å². The number of hydrogen-bond donors (Lipinski definition) is 1. The average Bonchev–Trinajstić information content (AvgIpc) is 3.09. The number of amides is 1. The standard InChI is InChI=1S/C23H20FN5O2/c1-15-11-16(2)29(28-15)21-13-23(26-14-25-21)31-19-9-7-18(8-10-19)27-22(30)12-17-5-3-4-6-20(17)24/h3-11,13-14H,12H2,1-2H3,(H,27,30). The number of benzene rings is 2. The van der Waals surface area contributed by atoms with E-state index in [1.54, 1.807) is 53.2 Å². The third-order valence-electron chi connectivity index (χ3n) is 4.52. The van der Waals surface area contributed by atoms with Crippen molar-refractivity contribution in [3.8, 4) is 17.4 Å². The van der Waals surface area contributed by atoms with Crippen molar-refractivity contribution < 1.29 is 13.9 Å². The van der Waals surface area contributed by atoms with Crippen molar-refractivity contribution in [2.75, 3.05) is 5.32 Å². The average molecular weight is 417 g/mol. The predicted molar refractivity (Wildman–Crippen MR) is 114 cm³/mol. The first-order chi connectivity index (χ1) is 15.0. The topological polar surface area (TPSA) is 81.9 Å². The molecule has 31 heavy (non-hydrogen) atoms. The van der Waals surface area contributed by atoms with Crippen LogP contribution in [0.5, 0.6) is 11.6 Å². The van der Waals surface area contributed by atoms with Crippen LogP contribution in [0.1, 0.15) is 17.0 Å². The zero-order valence-electron chi connectivity index (χ0n) is 17.0. The van der Waals surface area contributed by atoms with Crippen molar-refractivity contribution >= 4 is 11.6 Å². The molecule has 0 radical (unpaired) electrons. The highest BCUT2D eigenvalue weighted by molar-refractivity contribution is 5.92. The van der Waals surface area contributed by atoms with Gasteiger partial charge in [-0.1, -0.05) is 18.2 Å². The summed E-state index contributed by atoms with van der Waals surface area (Å²) in [5.74, 6) is 0.821. The van der Waals surface area contributed by atoms with Crippen molar-refractivity contribution in [1.29, 1.82) is 0 Å². The molecule has 156 valence electrons. The highest BCUT2D eigenvalue weighted by Crippen LogP contribution is 2.23. The first kappa shape index (κ1) is 20.2. The fourth-order valence-corrected chi connectivity index (χ4v) is 3.11. The van der Waals surface area contributed by atoms with E-state index in [0.29, 0.717) is 28.7 Å². The molecule has 1 N–H and O–H groups in total. The largest absolute Gasteiger partial charge is 0.439 e. The van der Waals surface area contributed by atoms with Crippen molar-refractivity contribution in [1.82, 2.24) is 19.7 Å². The maximum Gasteiger partial charge on any atom is 0.228 e. The van der Waals surface area contributed by atoms with Crippen LogP contribution in [0.25, 0.3) is 5.82 Å². The molecule has 1 amide bonds. The Morgan fingerprint density at radius 3 is 2.55 bits per heavy atom. The predicted octanol–water partition coefficient (Wildman–Crippen LogP) is 4.39. The Bertz CT molecular complexity index is 1220. The Morgan fingerprint density at radius 1 is 1.06 bits per heavy atom. The van der Waals surface area contributed by atoms with Crippen LogP contribution >= 0.6 is 0 Å². The van der Waals surface area contributed by atoms with E-state index in [0.717, 1.165) is 11.4 Å². The van der Waals surface area contributed by atoms with Crippen LogP contribution in [-0.4, -0.2) is 25.7 Å². The van der Waals surface area contributed by atoms with E-state index in [-0.39, 0.29) is 12.3 Å². The van der Waals surface area contributed by atoms with Gasteiger partial charge in [-0.25, -0.2) is 19.0 Å². The third-order valence-corrected chi connectivity index (χ3v) is 4.52. The summed E-state index contributed by atoms with van der Waals surface area (Å²) >= 11 is 0. The van der Waals surface area contributed by atoms with Gasteiger partial charge in [-0.05, 0) is 55.8 Å². The van der Waals surface area contributed by atoms with E-state index in [2.05, 4.69) is 20.4 Å². The number of rotatable bonds is 6. The third kappa shape index (κ3) is 4.92.